The van der Waals surface area contributed by atoms with Gasteiger partial charge in [-0.25, -0.2) is 0 Å². The molecule has 1 aliphatic heterocycles. The number of hydrogen-bond donors (Lipinski definition) is 2. The van der Waals surface area contributed by atoms with E-state index in [0.29, 0.717) is 23.1 Å². The van der Waals surface area contributed by atoms with Crippen LogP contribution in [0.4, 0.5) is 5.69 Å². The maximum absolute atomic E-state index is 12.8. The van der Waals surface area contributed by atoms with Crippen LogP contribution in [0.15, 0.2) is 54.7 Å². The van der Waals surface area contributed by atoms with E-state index in [4.69, 9.17) is 17.0 Å². The third-order valence-electron chi connectivity index (χ3n) is 6.29. The van der Waals surface area contributed by atoms with Gasteiger partial charge in [0.2, 0.25) is 5.91 Å². The average molecular weight is 464 g/mol. The number of carbonyl (C=O) groups excluding carboxylic acids is 1. The van der Waals surface area contributed by atoms with E-state index in [-0.39, 0.29) is 24.4 Å². The Morgan fingerprint density at radius 2 is 1.97 bits per heavy atom. The van der Waals surface area contributed by atoms with Crippen molar-refractivity contribution < 1.29 is 9.53 Å². The molecule has 4 rings (SSSR count). The van der Waals surface area contributed by atoms with E-state index >= 15 is 0 Å². The van der Waals surface area contributed by atoms with Gasteiger partial charge >= 0.3 is 0 Å². The van der Waals surface area contributed by atoms with E-state index in [1.165, 1.54) is 17.0 Å². The van der Waals surface area contributed by atoms with Gasteiger partial charge < -0.3 is 24.8 Å². The van der Waals surface area contributed by atoms with Crippen LogP contribution in [0, 0.1) is 13.8 Å². The summed E-state index contributed by atoms with van der Waals surface area (Å²) >= 11 is 5.73. The highest BCUT2D eigenvalue weighted by Crippen LogP contribution is 2.40. The zero-order chi connectivity index (χ0) is 23.5. The quantitative estimate of drug-likeness (QED) is 0.515. The summed E-state index contributed by atoms with van der Waals surface area (Å²) in [5.41, 5.74) is 5.11. The molecule has 0 unspecified atom stereocenters. The van der Waals surface area contributed by atoms with Gasteiger partial charge in [-0.3, -0.25) is 9.78 Å². The van der Waals surface area contributed by atoms with Crippen LogP contribution in [0.1, 0.15) is 41.1 Å². The van der Waals surface area contributed by atoms with Crippen molar-refractivity contribution in [2.45, 2.75) is 32.4 Å². The molecule has 8 heteroatoms. The second-order valence-corrected chi connectivity index (χ2v) is 8.59. The summed E-state index contributed by atoms with van der Waals surface area (Å²) in [6, 6.07) is 15.3. The van der Waals surface area contributed by atoms with E-state index in [1.807, 2.05) is 42.5 Å². The standard InChI is InChI=1S/C25H29N5O2S/c1-16-15-18(17(2)29(16)3)24-23(20-10-7-8-13-26-20)28-25(33)30(24)14-12-22(31)27-19-9-5-6-11-21(19)32-4/h5-11,13,15,23-24H,12,14H2,1-4H3,(H,27,31)(H,28,33)/t23-,24+/m1/s1. The molecule has 1 fully saturated rings. The normalized spacial score (nSPS) is 17.7. The SMILES string of the molecule is COc1ccccc1NC(=O)CCN1C(=S)N[C@H](c2ccccn2)[C@@H]1c1cc(C)n(C)c1C. The van der Waals surface area contributed by atoms with Gasteiger partial charge in [0.15, 0.2) is 5.11 Å². The summed E-state index contributed by atoms with van der Waals surface area (Å²) in [6.07, 6.45) is 2.08. The fourth-order valence-corrected chi connectivity index (χ4v) is 4.68. The second kappa shape index (κ2) is 9.62. The Labute approximate surface area is 199 Å². The first-order valence-corrected chi connectivity index (χ1v) is 11.3. The molecule has 3 heterocycles. The summed E-state index contributed by atoms with van der Waals surface area (Å²) in [5, 5.41) is 7.03. The van der Waals surface area contributed by atoms with Crippen molar-refractivity contribution >= 4 is 28.9 Å². The first-order valence-electron chi connectivity index (χ1n) is 10.9. The molecule has 0 radical (unpaired) electrons. The Balaban J connectivity index is 1.58. The number of aromatic nitrogens is 2. The monoisotopic (exact) mass is 463 g/mol. The van der Waals surface area contributed by atoms with E-state index < -0.39 is 0 Å². The van der Waals surface area contributed by atoms with E-state index in [2.05, 4.69) is 52.0 Å². The maximum atomic E-state index is 12.8. The lowest BCUT2D eigenvalue weighted by atomic mass is 9.96. The van der Waals surface area contributed by atoms with Gasteiger partial charge in [-0.15, -0.1) is 0 Å². The van der Waals surface area contributed by atoms with E-state index in [1.54, 1.807) is 13.3 Å². The van der Waals surface area contributed by atoms with E-state index in [0.717, 1.165) is 5.69 Å². The Kier molecular flexibility index (Phi) is 6.65. The third-order valence-corrected chi connectivity index (χ3v) is 6.64. The highest BCUT2D eigenvalue weighted by molar-refractivity contribution is 7.80. The van der Waals surface area contributed by atoms with Crippen LogP contribution < -0.4 is 15.4 Å². The van der Waals surface area contributed by atoms with Crippen LogP contribution in [-0.4, -0.2) is 39.1 Å². The molecule has 0 bridgehead atoms. The number of benzene rings is 1. The number of methoxy groups -OCH3 is 1. The number of amides is 1. The van der Waals surface area contributed by atoms with Crippen LogP contribution in [0.5, 0.6) is 5.75 Å². The number of hydrogen-bond acceptors (Lipinski definition) is 4. The Morgan fingerprint density at radius 3 is 2.64 bits per heavy atom. The van der Waals surface area contributed by atoms with Crippen molar-refractivity contribution in [1.82, 2.24) is 19.8 Å². The number of ether oxygens (including phenoxy) is 1. The minimum absolute atomic E-state index is 0.0636. The van der Waals surface area contributed by atoms with Crippen molar-refractivity contribution in [1.29, 1.82) is 0 Å². The van der Waals surface area contributed by atoms with Crippen molar-refractivity contribution in [3.63, 3.8) is 0 Å². The molecule has 2 atom stereocenters. The maximum Gasteiger partial charge on any atom is 0.226 e. The molecular formula is C25H29N5O2S. The number of anilines is 1. The number of pyridine rings is 1. The smallest absolute Gasteiger partial charge is 0.226 e. The van der Waals surface area contributed by atoms with Gasteiger partial charge in [-0.1, -0.05) is 18.2 Å². The fourth-order valence-electron chi connectivity index (χ4n) is 4.35. The summed E-state index contributed by atoms with van der Waals surface area (Å²) in [5.74, 6) is 0.538. The van der Waals surface area contributed by atoms with Crippen molar-refractivity contribution in [2.75, 3.05) is 19.0 Å². The molecule has 1 amide bonds. The van der Waals surface area contributed by atoms with Crippen LogP contribution >= 0.6 is 12.2 Å². The lowest BCUT2D eigenvalue weighted by Crippen LogP contribution is -2.33. The number of rotatable bonds is 7. The predicted octanol–water partition coefficient (Wildman–Crippen LogP) is 4.05. The van der Waals surface area contributed by atoms with Crippen molar-refractivity contribution in [3.05, 3.63) is 77.4 Å². The molecule has 1 aliphatic rings. The van der Waals surface area contributed by atoms with Crippen LogP contribution in [0.2, 0.25) is 0 Å². The largest absolute Gasteiger partial charge is 0.495 e. The Bertz CT molecular complexity index is 1160. The van der Waals surface area contributed by atoms with Gasteiger partial charge in [0, 0.05) is 37.6 Å². The van der Waals surface area contributed by atoms with Crippen LogP contribution in [0.25, 0.3) is 0 Å². The molecule has 7 nitrogen and oxygen atoms in total. The Hall–Kier alpha value is -3.39. The average Bonchev–Trinajstić information content (AvgIpc) is 3.29. The van der Waals surface area contributed by atoms with Crippen LogP contribution in [-0.2, 0) is 11.8 Å². The molecule has 0 saturated carbocycles. The Morgan fingerprint density at radius 1 is 1.21 bits per heavy atom. The minimum atomic E-state index is -0.100. The lowest BCUT2D eigenvalue weighted by molar-refractivity contribution is -0.116. The molecular weight excluding hydrogens is 434 g/mol. The summed E-state index contributed by atoms with van der Waals surface area (Å²) < 4.78 is 7.52. The molecule has 172 valence electrons. The predicted molar refractivity (Wildman–Crippen MR) is 133 cm³/mol. The fraction of sp³-hybridized carbons (Fsp3) is 0.320. The first-order chi connectivity index (χ1) is 15.9. The summed E-state index contributed by atoms with van der Waals surface area (Å²) in [6.45, 7) is 4.69. The number of nitrogens with zero attached hydrogens (tertiary/aromatic N) is 3. The van der Waals surface area contributed by atoms with Gasteiger partial charge in [0.05, 0.1) is 30.6 Å². The topological polar surface area (TPSA) is 71.4 Å². The minimum Gasteiger partial charge on any atom is -0.495 e. The van der Waals surface area contributed by atoms with Gasteiger partial charge in [0.1, 0.15) is 5.75 Å². The molecule has 1 aromatic carbocycles. The zero-order valence-corrected chi connectivity index (χ0v) is 20.1. The van der Waals surface area contributed by atoms with E-state index in [9.17, 15) is 4.79 Å². The number of aryl methyl sites for hydroxylation is 1. The summed E-state index contributed by atoms with van der Waals surface area (Å²) in [4.78, 5) is 19.5. The lowest BCUT2D eigenvalue weighted by Gasteiger charge is -2.28. The zero-order valence-electron chi connectivity index (χ0n) is 19.3. The number of thiocarbonyl (C=S) groups is 1. The molecule has 2 aromatic heterocycles. The van der Waals surface area contributed by atoms with Crippen molar-refractivity contribution in [2.24, 2.45) is 7.05 Å². The highest BCUT2D eigenvalue weighted by atomic mass is 32.1. The molecule has 3 aromatic rings. The summed E-state index contributed by atoms with van der Waals surface area (Å²) in [7, 11) is 3.65. The molecule has 33 heavy (non-hydrogen) atoms. The van der Waals surface area contributed by atoms with Crippen LogP contribution in [0.3, 0.4) is 0 Å². The molecule has 2 N–H and O–H groups in total. The molecule has 0 spiro atoms. The number of carbonyl (C=O) groups is 1. The van der Waals surface area contributed by atoms with Gasteiger partial charge in [-0.05, 0) is 62.0 Å². The van der Waals surface area contributed by atoms with Gasteiger partial charge in [0.25, 0.3) is 0 Å². The first kappa shape index (κ1) is 22.8. The molecule has 0 aliphatic carbocycles. The molecule has 1 saturated heterocycles. The van der Waals surface area contributed by atoms with Gasteiger partial charge in [-0.2, -0.15) is 0 Å². The second-order valence-electron chi connectivity index (χ2n) is 8.20. The highest BCUT2D eigenvalue weighted by Gasteiger charge is 2.41. The number of para-hydroxylation sites is 2. The third kappa shape index (κ3) is 4.57. The van der Waals surface area contributed by atoms with Crippen molar-refractivity contribution in [3.8, 4) is 5.75 Å². The number of nitrogens with one attached hydrogen (secondary N) is 2.